The molecule has 0 bridgehead atoms. The van der Waals surface area contributed by atoms with Crippen molar-refractivity contribution in [2.75, 3.05) is 0 Å². The molecule has 0 spiro atoms. The van der Waals surface area contributed by atoms with Crippen molar-refractivity contribution in [3.63, 3.8) is 0 Å². The summed E-state index contributed by atoms with van der Waals surface area (Å²) in [4.78, 5) is 4.89. The molecule has 0 saturated carbocycles. The molecule has 0 atom stereocenters. The van der Waals surface area contributed by atoms with Gasteiger partial charge >= 0.3 is 0 Å². The normalized spacial score (nSPS) is 14.5. The molecule has 0 amide bonds. The minimum Gasteiger partial charge on any atom is -0.510 e. The van der Waals surface area contributed by atoms with E-state index in [2.05, 4.69) is 74.1 Å². The number of furan rings is 1. The van der Waals surface area contributed by atoms with Crippen molar-refractivity contribution in [1.29, 1.82) is 0 Å². The van der Waals surface area contributed by atoms with Gasteiger partial charge in [0.2, 0.25) is 0 Å². The standard InChI is InChI=1S/C88H58N4O2.Pt/c1-88(2,3)65-43-44-89-85(52-65)92-80-35-17-15-31-73(80)74-41-39-68(54-81(74)92)93-67-28-19-27-66(53-67)90-55-91-86-69(58-25-11-6-12-26-58)33-20-34-76(86)77-48-59(63-46-61(56-21-7-4-8-22-56)45-62(47-63)57-23-9-5-10-24-57)37-40-72(77)70-29-13-14-30-71(70)79-50-64(51-82(90)87(79)91)60-38-42-84-78(49-60)75-32-16-18-36-83(75)94-84;/h4-52H,1-3H3;/q-2;/i4D,5D,6D,7D,8D,9D,10D,11D,12D,21D,22D,23D,24D,25D,26D,45D,46D,47D;. The molecule has 4 aromatic heterocycles. The van der Waals surface area contributed by atoms with Crippen LogP contribution in [0.15, 0.2) is 301 Å². The third-order valence-electron chi connectivity index (χ3n) is 17.5. The summed E-state index contributed by atoms with van der Waals surface area (Å²) in [6.07, 6.45) is 5.56. The van der Waals surface area contributed by atoms with E-state index in [1.165, 1.54) is 0 Å². The summed E-state index contributed by atoms with van der Waals surface area (Å²) in [6, 6.07) is 51.3. The van der Waals surface area contributed by atoms with Gasteiger partial charge in [-0.2, -0.15) is 18.2 Å². The number of ether oxygens (including phenoxy) is 1. The van der Waals surface area contributed by atoms with E-state index in [9.17, 15) is 15.1 Å². The van der Waals surface area contributed by atoms with Gasteiger partial charge in [-0.05, 0) is 178 Å². The topological polar surface area (TPSA) is 49.0 Å². The van der Waals surface area contributed by atoms with Gasteiger partial charge in [-0.15, -0.1) is 29.7 Å². The van der Waals surface area contributed by atoms with Crippen molar-refractivity contribution in [1.82, 2.24) is 14.1 Å². The van der Waals surface area contributed by atoms with Gasteiger partial charge in [-0.25, -0.2) is 4.98 Å². The van der Waals surface area contributed by atoms with Crippen molar-refractivity contribution in [3.05, 3.63) is 321 Å². The van der Waals surface area contributed by atoms with Gasteiger partial charge in [-0.3, -0.25) is 4.57 Å². The first kappa shape index (κ1) is 41.2. The van der Waals surface area contributed by atoms with Crippen LogP contribution in [0.1, 0.15) is 51.0 Å². The molecule has 95 heavy (non-hydrogen) atoms. The first-order valence-corrected chi connectivity index (χ1v) is 30.5. The number of benzene rings is 13. The second-order valence-electron chi connectivity index (χ2n) is 24.1. The Morgan fingerprint density at radius 3 is 1.80 bits per heavy atom. The molecular formula is C88H58N4O2Pt-2. The molecule has 7 heteroatoms. The summed E-state index contributed by atoms with van der Waals surface area (Å²) >= 11 is 0. The van der Waals surface area contributed by atoms with Crippen molar-refractivity contribution >= 4 is 54.8 Å². The summed E-state index contributed by atoms with van der Waals surface area (Å²) < 4.78 is 185. The minimum absolute atomic E-state index is 0. The second-order valence-corrected chi connectivity index (χ2v) is 24.1. The molecule has 0 unspecified atom stereocenters. The molecule has 13 aromatic carbocycles. The number of para-hydroxylation sites is 3. The second kappa shape index (κ2) is 23.0. The maximum Gasteiger partial charge on any atom is 0.268 e. The number of pyridine rings is 1. The van der Waals surface area contributed by atoms with Crippen LogP contribution < -0.4 is 9.30 Å². The van der Waals surface area contributed by atoms with E-state index >= 15 is 0 Å². The van der Waals surface area contributed by atoms with Crippen LogP contribution in [-0.2, 0) is 26.5 Å². The van der Waals surface area contributed by atoms with Crippen molar-refractivity contribution in [3.8, 4) is 118 Å². The number of imidazole rings is 1. The first-order valence-electron chi connectivity index (χ1n) is 39.5. The Balaban J connectivity index is 0.00000924. The zero-order valence-corrected chi connectivity index (χ0v) is 53.1. The van der Waals surface area contributed by atoms with Crippen LogP contribution in [0, 0.1) is 18.5 Å². The molecule has 5 heterocycles. The quantitative estimate of drug-likeness (QED) is 0.107. The first-order chi connectivity index (χ1) is 53.7. The van der Waals surface area contributed by atoms with E-state index in [0.29, 0.717) is 72.8 Å². The third kappa shape index (κ3) is 9.91. The van der Waals surface area contributed by atoms with Crippen LogP contribution in [0.3, 0.4) is 0 Å². The predicted octanol–water partition coefficient (Wildman–Crippen LogP) is 22.4. The molecule has 0 aliphatic carbocycles. The molecule has 0 radical (unpaired) electrons. The summed E-state index contributed by atoms with van der Waals surface area (Å²) in [6.45, 7) is 6.47. The molecular weight excluding hydrogens is 1340 g/mol. The molecule has 0 saturated heterocycles. The maximum absolute atomic E-state index is 10.3. The maximum atomic E-state index is 10.3. The molecule has 6 nitrogen and oxygen atoms in total. The van der Waals surface area contributed by atoms with Crippen LogP contribution in [-0.4, -0.2) is 14.1 Å². The Morgan fingerprint density at radius 1 is 0.442 bits per heavy atom. The largest absolute Gasteiger partial charge is 0.510 e. The van der Waals surface area contributed by atoms with Crippen LogP contribution in [0.5, 0.6) is 11.5 Å². The van der Waals surface area contributed by atoms with Crippen LogP contribution in [0.2, 0.25) is 0 Å². The Morgan fingerprint density at radius 2 is 1.04 bits per heavy atom. The number of aromatic nitrogens is 4. The number of hydrogen-bond donors (Lipinski definition) is 0. The molecule has 18 rings (SSSR count). The average molecular weight is 1420 g/mol. The van der Waals surface area contributed by atoms with Crippen molar-refractivity contribution in [2.45, 2.75) is 26.2 Å². The van der Waals surface area contributed by atoms with E-state index in [-0.39, 0.29) is 60.2 Å². The zero-order valence-electron chi connectivity index (χ0n) is 68.8. The van der Waals surface area contributed by atoms with Crippen LogP contribution in [0.4, 0.5) is 0 Å². The van der Waals surface area contributed by atoms with Crippen LogP contribution in [0.25, 0.3) is 161 Å². The molecule has 1 aliphatic heterocycles. The summed E-state index contributed by atoms with van der Waals surface area (Å²) in [5, 5.41) is 3.69. The van der Waals surface area contributed by atoms with Crippen molar-refractivity contribution < 1.29 is 59.5 Å². The van der Waals surface area contributed by atoms with Gasteiger partial charge in [0.25, 0.3) is 6.33 Å². The SMILES string of the molecule is [2H]c1c([2H])c([2H])c(-c2cccc3c2-[n+]2[c-]n(-c4[c-]c(Oc5[c-]c6c(cc5)c5ccccc5n6-c5cc(C(C)(C)C)ccn5)ccc4)c4cc(-c5ccc6oc7ccccc7c6c5)cc(c42)-c2ccccc2-c2ccc(-c4c([2H])c(-c5c([2H])c([2H])c([2H])c([2H])c5[2H])c([2H])c(-c5c([2H])c([2H])c([2H])c([2H])c5[2H])c4[2H])cc2-3)c([2H])c1[2H].[Pt]. The molecule has 0 N–H and O–H groups in total. The van der Waals surface area contributed by atoms with Gasteiger partial charge in [0, 0.05) is 55.1 Å². The van der Waals surface area contributed by atoms with Crippen molar-refractivity contribution in [2.24, 2.45) is 0 Å². The molecule has 1 aliphatic rings. The van der Waals surface area contributed by atoms with Crippen LogP contribution >= 0.6 is 0 Å². The van der Waals surface area contributed by atoms with Gasteiger partial charge < -0.3 is 18.3 Å². The summed E-state index contributed by atoms with van der Waals surface area (Å²) in [7, 11) is 0. The van der Waals surface area contributed by atoms with Gasteiger partial charge in [-0.1, -0.05) is 220 Å². The number of nitrogens with zero attached hydrogens (tertiary/aromatic N) is 4. The smallest absolute Gasteiger partial charge is 0.268 e. The number of rotatable bonds is 9. The molecule has 0 fully saturated rings. The van der Waals surface area contributed by atoms with E-state index in [1.807, 2.05) is 120 Å². The van der Waals surface area contributed by atoms with Gasteiger partial charge in [0.05, 0.1) is 41.4 Å². The van der Waals surface area contributed by atoms with E-state index in [0.717, 1.165) is 49.3 Å². The predicted molar refractivity (Wildman–Crippen MR) is 383 cm³/mol. The minimum atomic E-state index is -0.818. The monoisotopic (exact) mass is 1420 g/mol. The Bertz CT molecular complexity index is 6860. The summed E-state index contributed by atoms with van der Waals surface area (Å²) in [5.74, 6) is 1.37. The van der Waals surface area contributed by atoms with E-state index in [4.69, 9.17) is 23.7 Å². The van der Waals surface area contributed by atoms with Gasteiger partial charge in [0.1, 0.15) is 17.0 Å². The molecule has 17 aromatic rings. The zero-order chi connectivity index (χ0) is 78.3. The van der Waals surface area contributed by atoms with E-state index in [1.54, 1.807) is 47.0 Å². The van der Waals surface area contributed by atoms with E-state index < -0.39 is 131 Å². The summed E-state index contributed by atoms with van der Waals surface area (Å²) in [5.41, 5.74) is 7.57. The Labute approximate surface area is 590 Å². The Kier molecular flexibility index (Phi) is 9.98. The third-order valence-corrected chi connectivity index (χ3v) is 17.5. The number of hydrogen-bond acceptors (Lipinski definition) is 3. The number of fused-ring (bicyclic) bond motifs is 13. The fourth-order valence-corrected chi connectivity index (χ4v) is 13.1. The fraction of sp³-hybridized carbons (Fsp3) is 0.0455. The average Bonchev–Trinajstić information content (AvgIpc) is 1.03. The molecule has 454 valence electrons. The van der Waals surface area contributed by atoms with Gasteiger partial charge in [0.15, 0.2) is 0 Å². The fourth-order valence-electron chi connectivity index (χ4n) is 13.1. The Hall–Kier alpha value is -11.4.